The van der Waals surface area contributed by atoms with Crippen molar-refractivity contribution < 1.29 is 4.79 Å². The van der Waals surface area contributed by atoms with Crippen molar-refractivity contribution in [2.45, 2.75) is 31.7 Å². The van der Waals surface area contributed by atoms with Crippen LogP contribution in [0.25, 0.3) is 0 Å². The minimum atomic E-state index is 0.203. The van der Waals surface area contributed by atoms with Crippen molar-refractivity contribution in [2.75, 3.05) is 26.2 Å². The minimum absolute atomic E-state index is 0.203. The van der Waals surface area contributed by atoms with E-state index in [2.05, 4.69) is 27.5 Å². The highest BCUT2D eigenvalue weighted by molar-refractivity contribution is 14.1. The first-order valence-electron chi connectivity index (χ1n) is 7.53. The van der Waals surface area contributed by atoms with Crippen LogP contribution in [0.1, 0.15) is 36.0 Å². The largest absolute Gasteiger partial charge is 0.337 e. The first-order valence-corrected chi connectivity index (χ1v) is 8.61. The lowest BCUT2D eigenvalue weighted by atomic mass is 10.1. The number of carbonyl (C=O) groups excluding carboxylic acids is 1. The van der Waals surface area contributed by atoms with Gasteiger partial charge in [-0.15, -0.1) is 0 Å². The molecule has 0 aliphatic carbocycles. The molecule has 0 N–H and O–H groups in total. The standard InChI is InChI=1S/C16H21IN2O/c17-15-7-3-2-6-14(15)16(20)19-11-8-13(12-19)18-9-4-1-5-10-18/h2-3,6-7,13H,1,4-5,8-12H2. The zero-order chi connectivity index (χ0) is 13.9. The predicted molar refractivity (Wildman–Crippen MR) is 88.9 cm³/mol. The molecule has 20 heavy (non-hydrogen) atoms. The molecule has 0 radical (unpaired) electrons. The maximum Gasteiger partial charge on any atom is 0.254 e. The number of piperidine rings is 1. The van der Waals surface area contributed by atoms with Crippen LogP contribution in [0.4, 0.5) is 0 Å². The Labute approximate surface area is 134 Å². The van der Waals surface area contributed by atoms with Crippen LogP contribution in [0.2, 0.25) is 0 Å². The van der Waals surface area contributed by atoms with E-state index in [1.54, 1.807) is 0 Å². The predicted octanol–water partition coefficient (Wildman–Crippen LogP) is 2.99. The Bertz CT molecular complexity index is 485. The summed E-state index contributed by atoms with van der Waals surface area (Å²) < 4.78 is 1.05. The summed E-state index contributed by atoms with van der Waals surface area (Å²) in [5.41, 5.74) is 0.854. The summed E-state index contributed by atoms with van der Waals surface area (Å²) >= 11 is 2.25. The van der Waals surface area contributed by atoms with Gasteiger partial charge in [-0.2, -0.15) is 0 Å². The van der Waals surface area contributed by atoms with Crippen molar-refractivity contribution in [2.24, 2.45) is 0 Å². The highest BCUT2D eigenvalue weighted by Crippen LogP contribution is 2.23. The number of hydrogen-bond acceptors (Lipinski definition) is 2. The molecule has 1 atom stereocenters. The van der Waals surface area contributed by atoms with Gasteiger partial charge in [-0.1, -0.05) is 18.6 Å². The van der Waals surface area contributed by atoms with Gasteiger partial charge in [-0.3, -0.25) is 9.69 Å². The third-order valence-corrected chi connectivity index (χ3v) is 5.40. The Morgan fingerprint density at radius 2 is 1.85 bits per heavy atom. The second kappa shape index (κ2) is 6.43. The first-order chi connectivity index (χ1) is 9.75. The quantitative estimate of drug-likeness (QED) is 0.732. The number of likely N-dealkylation sites (tertiary alicyclic amines) is 2. The van der Waals surface area contributed by atoms with Gasteiger partial charge in [-0.25, -0.2) is 0 Å². The van der Waals surface area contributed by atoms with Crippen LogP contribution in [0, 0.1) is 3.57 Å². The average molecular weight is 384 g/mol. The molecule has 3 rings (SSSR count). The van der Waals surface area contributed by atoms with Crippen LogP contribution in [0.3, 0.4) is 0 Å². The number of hydrogen-bond donors (Lipinski definition) is 0. The molecule has 0 bridgehead atoms. The fourth-order valence-corrected chi connectivity index (χ4v) is 3.93. The van der Waals surface area contributed by atoms with E-state index in [4.69, 9.17) is 0 Å². The fraction of sp³-hybridized carbons (Fsp3) is 0.562. The van der Waals surface area contributed by atoms with E-state index in [-0.39, 0.29) is 5.91 Å². The summed E-state index contributed by atoms with van der Waals surface area (Å²) in [7, 11) is 0. The second-order valence-electron chi connectivity index (χ2n) is 5.77. The van der Waals surface area contributed by atoms with Gasteiger partial charge in [0.05, 0.1) is 5.56 Å². The van der Waals surface area contributed by atoms with Gasteiger partial charge < -0.3 is 4.90 Å². The van der Waals surface area contributed by atoms with E-state index in [0.29, 0.717) is 6.04 Å². The summed E-state index contributed by atoms with van der Waals surface area (Å²) in [4.78, 5) is 17.2. The minimum Gasteiger partial charge on any atom is -0.337 e. The highest BCUT2D eigenvalue weighted by atomic mass is 127. The third-order valence-electron chi connectivity index (χ3n) is 4.46. The van der Waals surface area contributed by atoms with Crippen molar-refractivity contribution in [3.8, 4) is 0 Å². The van der Waals surface area contributed by atoms with Gasteiger partial charge in [0.1, 0.15) is 0 Å². The second-order valence-corrected chi connectivity index (χ2v) is 6.93. The number of nitrogens with zero attached hydrogens (tertiary/aromatic N) is 2. The molecule has 4 heteroatoms. The van der Waals surface area contributed by atoms with Crippen molar-refractivity contribution >= 4 is 28.5 Å². The Hall–Kier alpha value is -0.620. The number of benzene rings is 1. The van der Waals surface area contributed by atoms with Crippen molar-refractivity contribution in [1.29, 1.82) is 0 Å². The van der Waals surface area contributed by atoms with Crippen LogP contribution >= 0.6 is 22.6 Å². The molecule has 3 nitrogen and oxygen atoms in total. The maximum atomic E-state index is 12.6. The zero-order valence-corrected chi connectivity index (χ0v) is 13.9. The molecule has 1 amide bonds. The van der Waals surface area contributed by atoms with E-state index >= 15 is 0 Å². The first kappa shape index (κ1) is 14.3. The molecule has 2 fully saturated rings. The van der Waals surface area contributed by atoms with Gasteiger partial charge in [-0.05, 0) is 67.1 Å². The van der Waals surface area contributed by atoms with Crippen molar-refractivity contribution in [3.63, 3.8) is 0 Å². The topological polar surface area (TPSA) is 23.6 Å². The molecular formula is C16H21IN2O. The third kappa shape index (κ3) is 3.01. The van der Waals surface area contributed by atoms with E-state index < -0.39 is 0 Å². The molecule has 0 aromatic heterocycles. The molecule has 2 saturated heterocycles. The zero-order valence-electron chi connectivity index (χ0n) is 11.7. The van der Waals surface area contributed by atoms with Crippen LogP contribution in [0.15, 0.2) is 24.3 Å². The molecular weight excluding hydrogens is 363 g/mol. The van der Waals surface area contributed by atoms with Crippen molar-refractivity contribution in [3.05, 3.63) is 33.4 Å². The molecule has 108 valence electrons. The Morgan fingerprint density at radius 3 is 2.60 bits per heavy atom. The number of rotatable bonds is 2. The molecule has 0 spiro atoms. The van der Waals surface area contributed by atoms with E-state index in [1.807, 2.05) is 29.2 Å². The number of carbonyl (C=O) groups is 1. The summed E-state index contributed by atoms with van der Waals surface area (Å²) in [6.07, 6.45) is 5.14. The molecule has 1 aromatic rings. The lowest BCUT2D eigenvalue weighted by Gasteiger charge is -2.32. The molecule has 2 aliphatic heterocycles. The molecule has 2 heterocycles. The monoisotopic (exact) mass is 384 g/mol. The van der Waals surface area contributed by atoms with Crippen LogP contribution in [-0.2, 0) is 0 Å². The fourth-order valence-electron chi connectivity index (χ4n) is 3.31. The van der Waals surface area contributed by atoms with Gasteiger partial charge in [0.15, 0.2) is 0 Å². The summed E-state index contributed by atoms with van der Waals surface area (Å²) in [5, 5.41) is 0. The van der Waals surface area contributed by atoms with E-state index in [0.717, 1.165) is 28.6 Å². The number of amides is 1. The summed E-state index contributed by atoms with van der Waals surface area (Å²) in [6.45, 7) is 4.25. The van der Waals surface area contributed by atoms with Gasteiger partial charge in [0, 0.05) is 22.7 Å². The lowest BCUT2D eigenvalue weighted by molar-refractivity contribution is 0.0770. The van der Waals surface area contributed by atoms with Gasteiger partial charge in [0.2, 0.25) is 0 Å². The van der Waals surface area contributed by atoms with Crippen LogP contribution < -0.4 is 0 Å². The number of halogens is 1. The summed E-state index contributed by atoms with van der Waals surface area (Å²) in [6, 6.07) is 8.47. The highest BCUT2D eigenvalue weighted by Gasteiger charge is 2.31. The Morgan fingerprint density at radius 1 is 1.10 bits per heavy atom. The van der Waals surface area contributed by atoms with Crippen molar-refractivity contribution in [1.82, 2.24) is 9.80 Å². The van der Waals surface area contributed by atoms with E-state index in [1.165, 1.54) is 32.4 Å². The molecule has 2 aliphatic rings. The van der Waals surface area contributed by atoms with Crippen LogP contribution in [0.5, 0.6) is 0 Å². The average Bonchev–Trinajstić information content (AvgIpc) is 2.98. The van der Waals surface area contributed by atoms with Gasteiger partial charge >= 0.3 is 0 Å². The normalized spacial score (nSPS) is 24.1. The van der Waals surface area contributed by atoms with E-state index in [9.17, 15) is 4.79 Å². The Balaban J connectivity index is 1.65. The van der Waals surface area contributed by atoms with Crippen LogP contribution in [-0.4, -0.2) is 47.9 Å². The summed E-state index contributed by atoms with van der Waals surface area (Å²) in [5.74, 6) is 0.203. The Kier molecular flexibility index (Phi) is 4.61. The van der Waals surface area contributed by atoms with Gasteiger partial charge in [0.25, 0.3) is 5.91 Å². The lowest BCUT2D eigenvalue weighted by Crippen LogP contribution is -2.41. The molecule has 1 unspecified atom stereocenters. The SMILES string of the molecule is O=C(c1ccccc1I)N1CCC(N2CCCCC2)C1. The smallest absolute Gasteiger partial charge is 0.254 e. The molecule has 0 saturated carbocycles. The maximum absolute atomic E-state index is 12.6. The molecule has 1 aromatic carbocycles.